The Morgan fingerprint density at radius 1 is 1.21 bits per heavy atom. The first kappa shape index (κ1) is 19.5. The predicted octanol–water partition coefficient (Wildman–Crippen LogP) is 7.77. The fourth-order valence-corrected chi connectivity index (χ4v) is 7.68. The average molecular weight is 479 g/mol. The van der Waals surface area contributed by atoms with Gasteiger partial charge in [0.1, 0.15) is 14.3 Å². The molecule has 1 unspecified atom stereocenters. The molecule has 1 atom stereocenters. The summed E-state index contributed by atoms with van der Waals surface area (Å²) in [4.78, 5) is 19.1. The topological polar surface area (TPSA) is 42.0 Å². The number of amides is 1. The number of nitrogens with zero attached hydrogens (tertiary/aromatic N) is 1. The molecule has 3 heterocycles. The van der Waals surface area contributed by atoms with E-state index in [0.29, 0.717) is 20.2 Å². The molecule has 1 N–H and O–H groups in total. The van der Waals surface area contributed by atoms with Crippen molar-refractivity contribution in [3.05, 3.63) is 55.0 Å². The van der Waals surface area contributed by atoms with Crippen LogP contribution < -0.4 is 5.32 Å². The maximum Gasteiger partial charge on any atom is 0.258 e. The van der Waals surface area contributed by atoms with Crippen LogP contribution in [0, 0.1) is 5.92 Å². The van der Waals surface area contributed by atoms with Crippen LogP contribution in [-0.2, 0) is 12.8 Å². The first-order valence-electron chi connectivity index (χ1n) is 9.26. The highest BCUT2D eigenvalue weighted by Gasteiger charge is 2.28. The molecule has 0 bridgehead atoms. The molecule has 3 nitrogen and oxygen atoms in total. The average Bonchev–Trinajstić information content (AvgIpc) is 3.35. The van der Waals surface area contributed by atoms with Gasteiger partial charge >= 0.3 is 0 Å². The van der Waals surface area contributed by atoms with Crippen LogP contribution >= 0.6 is 57.2 Å². The van der Waals surface area contributed by atoms with Gasteiger partial charge in [-0.15, -0.1) is 34.0 Å². The highest BCUT2D eigenvalue weighted by molar-refractivity contribution is 7.23. The molecule has 0 radical (unpaired) electrons. The lowest BCUT2D eigenvalue weighted by molar-refractivity contribution is 0.102. The van der Waals surface area contributed by atoms with Gasteiger partial charge in [-0.3, -0.25) is 4.79 Å². The standard InChI is InChI=1S/C21H16Cl2N2OS3/c1-10-6-7-11-15(8-10)28-21(25-19(26)12-9-16(22)29-18(12)23)17(11)20-24-13-4-2-3-5-14(13)27-20/h2-5,9-10H,6-8H2,1H3,(H,25,26). The van der Waals surface area contributed by atoms with Gasteiger partial charge in [0.25, 0.3) is 5.91 Å². The summed E-state index contributed by atoms with van der Waals surface area (Å²) in [6.45, 7) is 2.28. The summed E-state index contributed by atoms with van der Waals surface area (Å²) in [7, 11) is 0. The van der Waals surface area contributed by atoms with Crippen molar-refractivity contribution in [3.8, 4) is 10.6 Å². The number of carbonyl (C=O) groups excluding carboxylic acids is 1. The van der Waals surface area contributed by atoms with E-state index in [2.05, 4.69) is 18.3 Å². The van der Waals surface area contributed by atoms with Crippen LogP contribution in [0.1, 0.15) is 34.1 Å². The number of aromatic nitrogens is 1. The summed E-state index contributed by atoms with van der Waals surface area (Å²) in [6.07, 6.45) is 3.21. The van der Waals surface area contributed by atoms with Gasteiger partial charge in [0.15, 0.2) is 0 Å². The SMILES string of the molecule is CC1CCc2c(sc(NC(=O)c3cc(Cl)sc3Cl)c2-c2nc3ccccc3s2)C1. The Morgan fingerprint density at radius 2 is 2.03 bits per heavy atom. The Bertz CT molecular complexity index is 1210. The fourth-order valence-electron chi connectivity index (χ4n) is 3.71. The van der Waals surface area contributed by atoms with Crippen molar-refractivity contribution in [2.45, 2.75) is 26.2 Å². The van der Waals surface area contributed by atoms with Crippen LogP contribution in [0.15, 0.2) is 30.3 Å². The number of hydrogen-bond donors (Lipinski definition) is 1. The second kappa shape index (κ2) is 7.67. The lowest BCUT2D eigenvalue weighted by atomic mass is 9.88. The van der Waals surface area contributed by atoms with Crippen LogP contribution in [0.5, 0.6) is 0 Å². The van der Waals surface area contributed by atoms with Crippen LogP contribution in [0.25, 0.3) is 20.8 Å². The van der Waals surface area contributed by atoms with E-state index < -0.39 is 0 Å². The number of para-hydroxylation sites is 1. The summed E-state index contributed by atoms with van der Waals surface area (Å²) >= 11 is 16.8. The molecule has 0 saturated carbocycles. The van der Waals surface area contributed by atoms with E-state index in [9.17, 15) is 4.79 Å². The Kier molecular flexibility index (Phi) is 5.16. The fraction of sp³-hybridized carbons (Fsp3) is 0.238. The maximum absolute atomic E-state index is 12.9. The third kappa shape index (κ3) is 3.62. The zero-order valence-corrected chi connectivity index (χ0v) is 19.4. The molecule has 1 aliphatic carbocycles. The van der Waals surface area contributed by atoms with Crippen LogP contribution in [0.2, 0.25) is 8.67 Å². The molecule has 1 aromatic carbocycles. The van der Waals surface area contributed by atoms with Crippen molar-refractivity contribution in [3.63, 3.8) is 0 Å². The molecule has 29 heavy (non-hydrogen) atoms. The number of thiazole rings is 1. The summed E-state index contributed by atoms with van der Waals surface area (Å²) in [5, 5.41) is 4.92. The first-order chi connectivity index (χ1) is 14.0. The van der Waals surface area contributed by atoms with Gasteiger partial charge in [0.05, 0.1) is 20.1 Å². The third-order valence-electron chi connectivity index (χ3n) is 5.15. The van der Waals surface area contributed by atoms with Gasteiger partial charge in [-0.25, -0.2) is 4.98 Å². The largest absolute Gasteiger partial charge is 0.313 e. The molecular weight excluding hydrogens is 463 g/mol. The van der Waals surface area contributed by atoms with Crippen molar-refractivity contribution in [2.75, 3.05) is 5.32 Å². The first-order valence-corrected chi connectivity index (χ1v) is 12.5. The number of fused-ring (bicyclic) bond motifs is 2. The maximum atomic E-state index is 12.9. The smallest absolute Gasteiger partial charge is 0.258 e. The zero-order chi connectivity index (χ0) is 20.1. The van der Waals surface area contributed by atoms with E-state index in [4.69, 9.17) is 28.2 Å². The Hall–Kier alpha value is -1.44. The molecule has 8 heteroatoms. The van der Waals surface area contributed by atoms with Crippen molar-refractivity contribution in [2.24, 2.45) is 5.92 Å². The Morgan fingerprint density at radius 3 is 2.79 bits per heavy atom. The van der Waals surface area contributed by atoms with Crippen molar-refractivity contribution in [1.29, 1.82) is 0 Å². The van der Waals surface area contributed by atoms with Gasteiger partial charge in [-0.05, 0) is 48.9 Å². The second-order valence-corrected chi connectivity index (χ2v) is 11.7. The number of thiophene rings is 2. The highest BCUT2D eigenvalue weighted by Crippen LogP contribution is 2.47. The monoisotopic (exact) mass is 478 g/mol. The minimum Gasteiger partial charge on any atom is -0.313 e. The number of halogens is 2. The Labute approximate surface area is 190 Å². The van der Waals surface area contributed by atoms with Gasteiger partial charge in [-0.1, -0.05) is 42.3 Å². The molecule has 1 aliphatic rings. The lowest BCUT2D eigenvalue weighted by Crippen LogP contribution is -2.11. The third-order valence-corrected chi connectivity index (χ3v) is 8.86. The minimum atomic E-state index is -0.229. The minimum absolute atomic E-state index is 0.229. The summed E-state index contributed by atoms with van der Waals surface area (Å²) in [5.41, 5.74) is 3.80. The molecular formula is C21H16Cl2N2OS3. The quantitative estimate of drug-likeness (QED) is 0.326. The number of nitrogens with one attached hydrogen (secondary N) is 1. The van der Waals surface area contributed by atoms with Gasteiger partial charge in [0.2, 0.25) is 0 Å². The summed E-state index contributed by atoms with van der Waals surface area (Å²) < 4.78 is 2.06. The molecule has 4 aromatic rings. The van der Waals surface area contributed by atoms with Gasteiger partial charge in [-0.2, -0.15) is 0 Å². The van der Waals surface area contributed by atoms with Crippen LogP contribution in [-0.4, -0.2) is 10.9 Å². The van der Waals surface area contributed by atoms with Crippen molar-refractivity contribution in [1.82, 2.24) is 4.98 Å². The summed E-state index contributed by atoms with van der Waals surface area (Å²) in [5.74, 6) is 0.421. The van der Waals surface area contributed by atoms with Crippen molar-refractivity contribution < 1.29 is 4.79 Å². The van der Waals surface area contributed by atoms with E-state index in [1.807, 2.05) is 18.2 Å². The molecule has 0 saturated heterocycles. The van der Waals surface area contributed by atoms with Crippen LogP contribution in [0.4, 0.5) is 5.00 Å². The van der Waals surface area contributed by atoms with Gasteiger partial charge in [0, 0.05) is 10.4 Å². The molecule has 0 fully saturated rings. The highest BCUT2D eigenvalue weighted by atomic mass is 35.5. The number of benzene rings is 1. The summed E-state index contributed by atoms with van der Waals surface area (Å²) in [6, 6.07) is 9.77. The number of hydrogen-bond acceptors (Lipinski definition) is 5. The molecule has 0 spiro atoms. The normalized spacial score (nSPS) is 16.2. The number of carbonyl (C=O) groups is 1. The van der Waals surface area contributed by atoms with Crippen LogP contribution in [0.3, 0.4) is 0 Å². The van der Waals surface area contributed by atoms with E-state index >= 15 is 0 Å². The van der Waals surface area contributed by atoms with E-state index in [1.165, 1.54) is 21.8 Å². The molecule has 3 aromatic heterocycles. The van der Waals surface area contributed by atoms with Gasteiger partial charge < -0.3 is 5.32 Å². The molecule has 1 amide bonds. The second-order valence-electron chi connectivity index (χ2n) is 7.23. The molecule has 148 valence electrons. The molecule has 5 rings (SSSR count). The van der Waals surface area contributed by atoms with E-state index in [1.54, 1.807) is 28.7 Å². The zero-order valence-electron chi connectivity index (χ0n) is 15.4. The van der Waals surface area contributed by atoms with E-state index in [0.717, 1.165) is 45.1 Å². The number of anilines is 1. The van der Waals surface area contributed by atoms with E-state index in [-0.39, 0.29) is 5.91 Å². The lowest BCUT2D eigenvalue weighted by Gasteiger charge is -2.18. The molecule has 0 aliphatic heterocycles. The Balaban J connectivity index is 1.61. The number of rotatable bonds is 3. The van der Waals surface area contributed by atoms with Crippen molar-refractivity contribution >= 4 is 78.3 Å². The predicted molar refractivity (Wildman–Crippen MR) is 126 cm³/mol.